The molecule has 2 aromatic rings. The second-order valence-corrected chi connectivity index (χ2v) is 12.7. The van der Waals surface area contributed by atoms with Crippen molar-refractivity contribution in [2.45, 2.75) is 64.3 Å². The summed E-state index contributed by atoms with van der Waals surface area (Å²) in [6, 6.07) is 21.4. The Morgan fingerprint density at radius 3 is 1.75 bits per heavy atom. The zero-order valence-corrected chi connectivity index (χ0v) is 18.5. The average Bonchev–Trinajstić information content (AvgIpc) is 2.67. The Kier molecular flexibility index (Phi) is 8.46. The van der Waals surface area contributed by atoms with Crippen LogP contribution in [-0.4, -0.2) is 26.0 Å². The van der Waals surface area contributed by atoms with Crippen molar-refractivity contribution in [2.75, 3.05) is 6.61 Å². The lowest BCUT2D eigenvalue weighted by molar-refractivity contribution is -0.137. The highest BCUT2D eigenvalue weighted by molar-refractivity contribution is 6.99. The highest BCUT2D eigenvalue weighted by Gasteiger charge is 2.49. The van der Waals surface area contributed by atoms with Gasteiger partial charge in [0.1, 0.15) is 0 Å². The monoisotopic (exact) mass is 398 g/mol. The lowest BCUT2D eigenvalue weighted by atomic mass is 10.1. The topological polar surface area (TPSA) is 46.5 Å². The first-order valence-corrected chi connectivity index (χ1v) is 12.3. The Hall–Kier alpha value is -1.91. The van der Waals surface area contributed by atoms with Gasteiger partial charge in [-0.2, -0.15) is 0 Å². The van der Waals surface area contributed by atoms with Crippen molar-refractivity contribution in [1.29, 1.82) is 0 Å². The van der Waals surface area contributed by atoms with Gasteiger partial charge in [0, 0.05) is 13.0 Å². The van der Waals surface area contributed by atoms with Crippen LogP contribution >= 0.6 is 0 Å². The maximum Gasteiger partial charge on any atom is 0.303 e. The van der Waals surface area contributed by atoms with Crippen LogP contribution in [-0.2, 0) is 9.22 Å². The van der Waals surface area contributed by atoms with Crippen LogP contribution in [0.4, 0.5) is 0 Å². The van der Waals surface area contributed by atoms with Crippen LogP contribution in [0.25, 0.3) is 0 Å². The van der Waals surface area contributed by atoms with Crippen LogP contribution in [0.15, 0.2) is 60.7 Å². The average molecular weight is 399 g/mol. The first kappa shape index (κ1) is 22.4. The fourth-order valence-electron chi connectivity index (χ4n) is 3.90. The van der Waals surface area contributed by atoms with E-state index in [-0.39, 0.29) is 11.5 Å². The van der Waals surface area contributed by atoms with E-state index in [1.165, 1.54) is 10.4 Å². The zero-order chi connectivity index (χ0) is 20.5. The summed E-state index contributed by atoms with van der Waals surface area (Å²) >= 11 is 0. The summed E-state index contributed by atoms with van der Waals surface area (Å²) in [4.78, 5) is 10.6. The van der Waals surface area contributed by atoms with E-state index in [4.69, 9.17) is 9.53 Å². The summed E-state index contributed by atoms with van der Waals surface area (Å²) in [6.45, 7) is 7.63. The second-order valence-electron chi connectivity index (χ2n) is 8.42. The third kappa shape index (κ3) is 5.79. The minimum atomic E-state index is -2.42. The lowest BCUT2D eigenvalue weighted by Gasteiger charge is -2.43. The molecular weight excluding hydrogens is 364 g/mol. The summed E-state index contributed by atoms with van der Waals surface area (Å²) in [5.74, 6) is -0.699. The molecule has 0 saturated heterocycles. The summed E-state index contributed by atoms with van der Waals surface area (Å²) in [7, 11) is -2.42. The largest absolute Gasteiger partial charge is 0.481 e. The summed E-state index contributed by atoms with van der Waals surface area (Å²) in [5, 5.41) is 11.4. The number of unbranched alkanes of at least 4 members (excludes halogenated alkanes) is 4. The van der Waals surface area contributed by atoms with E-state index in [0.717, 1.165) is 38.7 Å². The van der Waals surface area contributed by atoms with Gasteiger partial charge in [-0.05, 0) is 28.3 Å². The Morgan fingerprint density at radius 1 is 0.821 bits per heavy atom. The maximum absolute atomic E-state index is 10.6. The van der Waals surface area contributed by atoms with Gasteiger partial charge in [0.25, 0.3) is 8.32 Å². The molecule has 0 radical (unpaired) electrons. The number of carboxylic acids is 1. The highest BCUT2D eigenvalue weighted by atomic mass is 28.4. The van der Waals surface area contributed by atoms with Crippen LogP contribution in [0, 0.1) is 0 Å². The van der Waals surface area contributed by atoms with Gasteiger partial charge in [0.2, 0.25) is 0 Å². The molecule has 0 unspecified atom stereocenters. The van der Waals surface area contributed by atoms with E-state index in [2.05, 4.69) is 81.4 Å². The third-order valence-corrected chi connectivity index (χ3v) is 10.3. The van der Waals surface area contributed by atoms with Crippen molar-refractivity contribution in [1.82, 2.24) is 0 Å². The zero-order valence-electron chi connectivity index (χ0n) is 17.5. The molecule has 2 aromatic carbocycles. The molecule has 0 saturated carbocycles. The van der Waals surface area contributed by atoms with Gasteiger partial charge in [-0.3, -0.25) is 4.79 Å². The highest BCUT2D eigenvalue weighted by Crippen LogP contribution is 2.36. The molecule has 2 rings (SSSR count). The second kappa shape index (κ2) is 10.6. The van der Waals surface area contributed by atoms with E-state index in [1.54, 1.807) is 0 Å². The molecule has 0 spiro atoms. The minimum Gasteiger partial charge on any atom is -0.481 e. The van der Waals surface area contributed by atoms with Gasteiger partial charge in [-0.1, -0.05) is 101 Å². The molecular formula is C24H34O3Si. The van der Waals surface area contributed by atoms with E-state index in [1.807, 2.05) is 0 Å². The molecule has 28 heavy (non-hydrogen) atoms. The van der Waals surface area contributed by atoms with Crippen LogP contribution in [0.1, 0.15) is 59.3 Å². The third-order valence-electron chi connectivity index (χ3n) is 5.27. The van der Waals surface area contributed by atoms with Crippen molar-refractivity contribution in [2.24, 2.45) is 0 Å². The fourth-order valence-corrected chi connectivity index (χ4v) is 8.50. The number of hydrogen-bond donors (Lipinski definition) is 1. The molecule has 3 nitrogen and oxygen atoms in total. The van der Waals surface area contributed by atoms with Crippen molar-refractivity contribution in [3.63, 3.8) is 0 Å². The summed E-state index contributed by atoms with van der Waals surface area (Å²) < 4.78 is 6.86. The predicted octanol–water partition coefficient (Wildman–Crippen LogP) is 4.99. The molecule has 0 aliphatic rings. The van der Waals surface area contributed by atoms with Crippen LogP contribution in [0.2, 0.25) is 5.04 Å². The molecule has 0 aliphatic heterocycles. The molecule has 0 aromatic heterocycles. The van der Waals surface area contributed by atoms with Gasteiger partial charge in [-0.15, -0.1) is 0 Å². The SMILES string of the molecule is CC(C)(C)[Si](OCCCCCCCC(=O)O)(c1ccccc1)c1ccccc1. The standard InChI is InChI=1S/C24H34O3Si/c1-24(2,3)28(21-15-9-7-10-16-21,22-17-11-8-12-18-22)27-20-14-6-4-5-13-19-23(25)26/h7-12,15-18H,4-6,13-14,19-20H2,1-3H3,(H,25,26). The number of carboxylic acid groups (broad SMARTS) is 1. The van der Waals surface area contributed by atoms with Gasteiger partial charge in [0.05, 0.1) is 0 Å². The quantitative estimate of drug-likeness (QED) is 0.428. The van der Waals surface area contributed by atoms with Crippen LogP contribution in [0.5, 0.6) is 0 Å². The minimum absolute atomic E-state index is 0.0111. The molecule has 152 valence electrons. The Bertz CT molecular complexity index is 668. The first-order valence-electron chi connectivity index (χ1n) is 10.3. The Balaban J connectivity index is 2.11. The molecule has 0 heterocycles. The molecule has 0 atom stereocenters. The molecule has 0 aliphatic carbocycles. The van der Waals surface area contributed by atoms with E-state index < -0.39 is 14.3 Å². The smallest absolute Gasteiger partial charge is 0.303 e. The van der Waals surface area contributed by atoms with Crippen molar-refractivity contribution >= 4 is 24.7 Å². The molecule has 1 N–H and O–H groups in total. The van der Waals surface area contributed by atoms with E-state index >= 15 is 0 Å². The summed E-state index contributed by atoms with van der Waals surface area (Å²) in [5.41, 5.74) is 0. The number of benzene rings is 2. The number of rotatable bonds is 11. The number of aliphatic carboxylic acids is 1. The normalized spacial score (nSPS) is 12.1. The van der Waals surface area contributed by atoms with Gasteiger partial charge in [0.15, 0.2) is 0 Å². The van der Waals surface area contributed by atoms with E-state index in [9.17, 15) is 4.79 Å². The molecule has 4 heteroatoms. The number of carbonyl (C=O) groups is 1. The lowest BCUT2D eigenvalue weighted by Crippen LogP contribution is -2.66. The molecule has 0 fully saturated rings. The maximum atomic E-state index is 10.6. The van der Waals surface area contributed by atoms with Gasteiger partial charge in [-0.25, -0.2) is 0 Å². The first-order chi connectivity index (χ1) is 13.4. The van der Waals surface area contributed by atoms with Crippen molar-refractivity contribution < 1.29 is 14.3 Å². The fraction of sp³-hybridized carbons (Fsp3) is 0.458. The predicted molar refractivity (Wildman–Crippen MR) is 119 cm³/mol. The van der Waals surface area contributed by atoms with Crippen molar-refractivity contribution in [3.05, 3.63) is 60.7 Å². The Morgan fingerprint density at radius 2 is 1.29 bits per heavy atom. The summed E-state index contributed by atoms with van der Waals surface area (Å²) in [6.07, 6.45) is 5.18. The van der Waals surface area contributed by atoms with Crippen molar-refractivity contribution in [3.8, 4) is 0 Å². The van der Waals surface area contributed by atoms with E-state index in [0.29, 0.717) is 0 Å². The van der Waals surface area contributed by atoms with Gasteiger partial charge >= 0.3 is 5.97 Å². The Labute approximate surface area is 170 Å². The van der Waals surface area contributed by atoms with Crippen LogP contribution < -0.4 is 10.4 Å². The number of hydrogen-bond acceptors (Lipinski definition) is 2. The molecule has 0 bridgehead atoms. The molecule has 0 amide bonds. The van der Waals surface area contributed by atoms with Gasteiger partial charge < -0.3 is 9.53 Å². The van der Waals surface area contributed by atoms with Crippen LogP contribution in [0.3, 0.4) is 0 Å².